The van der Waals surface area contributed by atoms with E-state index in [0.29, 0.717) is 0 Å². The van der Waals surface area contributed by atoms with Crippen molar-refractivity contribution in [3.8, 4) is 0 Å². The van der Waals surface area contributed by atoms with Gasteiger partial charge in [0.05, 0.1) is 6.27 Å². The zero-order chi connectivity index (χ0) is 21.3. The van der Waals surface area contributed by atoms with Crippen LogP contribution < -0.4 is 0 Å². The fourth-order valence-corrected chi connectivity index (χ4v) is 4.81. The van der Waals surface area contributed by atoms with E-state index >= 15 is 0 Å². The number of halogens is 1. The number of unbranched alkanes of at least 4 members (excludes halogenated alkanes) is 1. The molecule has 0 aliphatic heterocycles. The molecule has 0 saturated heterocycles. The molecule has 28 heavy (non-hydrogen) atoms. The van der Waals surface area contributed by atoms with Crippen molar-refractivity contribution in [2.45, 2.75) is 38.0 Å². The molecule has 0 aliphatic rings. The predicted molar refractivity (Wildman–Crippen MR) is 127 cm³/mol. The second-order valence-electron chi connectivity index (χ2n) is 6.85. The zero-order valence-corrected chi connectivity index (χ0v) is 19.4. The molecule has 3 nitrogen and oxygen atoms in total. The molecule has 0 aliphatic carbocycles. The molecule has 150 valence electrons. The second kappa shape index (κ2) is 10.9. The van der Waals surface area contributed by atoms with Crippen LogP contribution in [0.1, 0.15) is 38.7 Å². The van der Waals surface area contributed by atoms with Gasteiger partial charge in [0.2, 0.25) is 10.0 Å². The van der Waals surface area contributed by atoms with Gasteiger partial charge >= 0.3 is 0 Å². The Morgan fingerprint density at radius 3 is 2.39 bits per heavy atom. The molecule has 0 aromatic heterocycles. The molecule has 0 unspecified atom stereocenters. The van der Waals surface area contributed by atoms with E-state index in [1.165, 1.54) is 10.9 Å². The SMILES string of the molecule is [2H]C=C(CCCC)CN(C/C(=C\I)c1ccccc1)S(=O)(=O)c1ccc(C)cc1. The summed E-state index contributed by atoms with van der Waals surface area (Å²) in [6.07, 6.45) is 2.68. The smallest absolute Gasteiger partial charge is 0.207 e. The van der Waals surface area contributed by atoms with E-state index in [2.05, 4.69) is 29.5 Å². The van der Waals surface area contributed by atoms with E-state index in [1.54, 1.807) is 12.1 Å². The highest BCUT2D eigenvalue weighted by molar-refractivity contribution is 14.1. The molecule has 5 heteroatoms. The minimum absolute atomic E-state index is 0.223. The van der Waals surface area contributed by atoms with Crippen LogP contribution in [0.5, 0.6) is 0 Å². The van der Waals surface area contributed by atoms with Gasteiger partial charge in [-0.15, -0.1) is 0 Å². The molecular formula is C23H28INO2S. The third-order valence-corrected chi connectivity index (χ3v) is 7.07. The first-order valence-corrected chi connectivity index (χ1v) is 12.1. The first kappa shape index (κ1) is 21.3. The van der Waals surface area contributed by atoms with Gasteiger partial charge in [-0.1, -0.05) is 96.1 Å². The van der Waals surface area contributed by atoms with Gasteiger partial charge in [0.25, 0.3) is 0 Å². The van der Waals surface area contributed by atoms with Crippen molar-refractivity contribution in [2.75, 3.05) is 13.1 Å². The second-order valence-corrected chi connectivity index (χ2v) is 9.41. The Bertz CT molecular complexity index is 939. The van der Waals surface area contributed by atoms with Gasteiger partial charge in [-0.2, -0.15) is 4.31 Å². The van der Waals surface area contributed by atoms with Gasteiger partial charge < -0.3 is 0 Å². The van der Waals surface area contributed by atoms with Crippen molar-refractivity contribution in [3.05, 3.63) is 81.9 Å². The van der Waals surface area contributed by atoms with Crippen LogP contribution in [-0.2, 0) is 10.0 Å². The largest absolute Gasteiger partial charge is 0.243 e. The number of sulfonamides is 1. The van der Waals surface area contributed by atoms with Gasteiger partial charge in [-0.05, 0) is 47.1 Å². The van der Waals surface area contributed by atoms with Gasteiger partial charge in [0.1, 0.15) is 0 Å². The van der Waals surface area contributed by atoms with E-state index in [0.717, 1.165) is 41.5 Å². The van der Waals surface area contributed by atoms with Crippen LogP contribution >= 0.6 is 22.6 Å². The fourth-order valence-electron chi connectivity index (χ4n) is 2.83. The lowest BCUT2D eigenvalue weighted by Crippen LogP contribution is -2.34. The van der Waals surface area contributed by atoms with Gasteiger partial charge in [0, 0.05) is 13.1 Å². The average molecular weight is 510 g/mol. The maximum atomic E-state index is 13.5. The molecule has 0 bridgehead atoms. The topological polar surface area (TPSA) is 37.4 Å². The molecule has 2 aromatic rings. The highest BCUT2D eigenvalue weighted by Crippen LogP contribution is 2.24. The van der Waals surface area contributed by atoms with Crippen LogP contribution in [0.25, 0.3) is 5.57 Å². The third-order valence-electron chi connectivity index (χ3n) is 4.51. The summed E-state index contributed by atoms with van der Waals surface area (Å²) in [6, 6.07) is 16.8. The summed E-state index contributed by atoms with van der Waals surface area (Å²) >= 11 is 2.16. The van der Waals surface area contributed by atoms with E-state index in [9.17, 15) is 8.42 Å². The number of benzene rings is 2. The summed E-state index contributed by atoms with van der Waals surface area (Å²) < 4.78 is 38.1. The van der Waals surface area contributed by atoms with E-state index in [4.69, 9.17) is 1.37 Å². The van der Waals surface area contributed by atoms with Crippen molar-refractivity contribution in [1.82, 2.24) is 4.31 Å². The molecule has 0 saturated carbocycles. The summed E-state index contributed by atoms with van der Waals surface area (Å²) in [5.41, 5.74) is 3.77. The average Bonchev–Trinajstić information content (AvgIpc) is 2.74. The molecule has 0 heterocycles. The summed E-state index contributed by atoms with van der Waals surface area (Å²) in [7, 11) is -3.70. The fraction of sp³-hybridized carbons (Fsp3) is 0.304. The molecule has 2 rings (SSSR count). The summed E-state index contributed by atoms with van der Waals surface area (Å²) in [5, 5.41) is 0. The van der Waals surface area contributed by atoms with Gasteiger partial charge in [-0.25, -0.2) is 8.42 Å². The van der Waals surface area contributed by atoms with Crippen molar-refractivity contribution >= 4 is 38.2 Å². The summed E-state index contributed by atoms with van der Waals surface area (Å²) in [6.45, 7) is 5.82. The maximum Gasteiger partial charge on any atom is 0.243 e. The van der Waals surface area contributed by atoms with Crippen LogP contribution in [0.4, 0.5) is 0 Å². The van der Waals surface area contributed by atoms with Crippen molar-refractivity contribution < 1.29 is 9.79 Å². The first-order valence-electron chi connectivity index (χ1n) is 9.98. The number of nitrogens with zero attached hydrogens (tertiary/aromatic N) is 1. The number of aryl methyl sites for hydroxylation is 1. The van der Waals surface area contributed by atoms with Crippen LogP contribution in [0.2, 0.25) is 0 Å². The number of hydrogen-bond donors (Lipinski definition) is 0. The maximum absolute atomic E-state index is 13.5. The Labute approximate surface area is 184 Å². The minimum atomic E-state index is -3.70. The molecule has 0 radical (unpaired) electrons. The lowest BCUT2D eigenvalue weighted by Gasteiger charge is -2.25. The Balaban J connectivity index is 2.40. The molecule has 0 fully saturated rings. The molecule has 0 atom stereocenters. The number of rotatable bonds is 10. The van der Waals surface area contributed by atoms with Crippen LogP contribution in [0.3, 0.4) is 0 Å². The zero-order valence-electron chi connectivity index (χ0n) is 17.4. The monoisotopic (exact) mass is 510 g/mol. The van der Waals surface area contributed by atoms with Crippen molar-refractivity contribution in [2.24, 2.45) is 0 Å². The van der Waals surface area contributed by atoms with E-state index < -0.39 is 10.0 Å². The third kappa shape index (κ3) is 6.29. The quantitative estimate of drug-likeness (QED) is 0.282. The predicted octanol–water partition coefficient (Wildman–Crippen LogP) is 6.21. The van der Waals surface area contributed by atoms with E-state index in [1.807, 2.05) is 53.5 Å². The lowest BCUT2D eigenvalue weighted by atomic mass is 10.1. The standard InChI is InChI=1S/C23H28INO2S/c1-4-5-9-20(3)17-25(18-22(16-24)21-10-7-6-8-11-21)28(26,27)23-14-12-19(2)13-15-23/h6-8,10-16H,3-5,9,17-18H2,1-2H3/b22-16+/i3D/b20-3?,22-16+. The molecule has 0 N–H and O–H groups in total. The lowest BCUT2D eigenvalue weighted by molar-refractivity contribution is 0.465. The molecular weight excluding hydrogens is 481 g/mol. The highest BCUT2D eigenvalue weighted by atomic mass is 127. The summed E-state index contributed by atoms with van der Waals surface area (Å²) in [5.74, 6) is 0. The minimum Gasteiger partial charge on any atom is -0.207 e. The Morgan fingerprint density at radius 1 is 1.14 bits per heavy atom. The van der Waals surface area contributed by atoms with Gasteiger partial charge in [-0.3, -0.25) is 0 Å². The number of hydrogen-bond acceptors (Lipinski definition) is 2. The highest BCUT2D eigenvalue weighted by Gasteiger charge is 2.26. The Kier molecular flexibility index (Phi) is 8.30. The van der Waals surface area contributed by atoms with Crippen molar-refractivity contribution in [3.63, 3.8) is 0 Å². The van der Waals surface area contributed by atoms with Crippen LogP contribution in [0, 0.1) is 6.92 Å². The molecule has 0 spiro atoms. The van der Waals surface area contributed by atoms with Gasteiger partial charge in [0.15, 0.2) is 0 Å². The first-order chi connectivity index (χ1) is 13.9. The van der Waals surface area contributed by atoms with Crippen LogP contribution in [-0.4, -0.2) is 25.8 Å². The molecule has 2 aromatic carbocycles. The Hall–Kier alpha value is -1.44. The van der Waals surface area contributed by atoms with Crippen LogP contribution in [0.15, 0.2) is 75.7 Å². The van der Waals surface area contributed by atoms with E-state index in [-0.39, 0.29) is 18.0 Å². The molecule has 0 amide bonds. The normalized spacial score (nSPS) is 13.6. The van der Waals surface area contributed by atoms with Crippen molar-refractivity contribution in [1.29, 1.82) is 0 Å². The summed E-state index contributed by atoms with van der Waals surface area (Å²) in [4.78, 5) is 0.281. The Morgan fingerprint density at radius 2 is 1.82 bits per heavy atom.